The molecule has 1 atom stereocenters. The molecule has 0 radical (unpaired) electrons. The van der Waals surface area contributed by atoms with E-state index in [1.165, 1.54) is 6.07 Å². The number of hydrogen-bond acceptors (Lipinski definition) is 4. The summed E-state index contributed by atoms with van der Waals surface area (Å²) in [5.74, 6) is -2.54. The van der Waals surface area contributed by atoms with Crippen molar-refractivity contribution in [1.82, 2.24) is 5.32 Å². The Bertz CT molecular complexity index is 1230. The number of aromatic carboxylic acids is 1. The van der Waals surface area contributed by atoms with Gasteiger partial charge in [-0.15, -0.1) is 0 Å². The normalized spacial score (nSPS) is 12.9. The van der Waals surface area contributed by atoms with Gasteiger partial charge in [-0.05, 0) is 53.8 Å². The van der Waals surface area contributed by atoms with Gasteiger partial charge in [0.25, 0.3) is 0 Å². The first-order chi connectivity index (χ1) is 16.8. The number of carboxylic acids is 1. The molecule has 0 saturated heterocycles. The molecule has 180 valence electrons. The van der Waals surface area contributed by atoms with Crippen LogP contribution in [0.3, 0.4) is 0 Å². The third-order valence-electron chi connectivity index (χ3n) is 6.00. The van der Waals surface area contributed by atoms with E-state index in [0.717, 1.165) is 34.4 Å². The third-order valence-corrected chi connectivity index (χ3v) is 6.00. The van der Waals surface area contributed by atoms with Crippen LogP contribution in [-0.2, 0) is 9.53 Å². The summed E-state index contributed by atoms with van der Waals surface area (Å²) < 4.78 is 18.8. The molecular weight excluding hydrogens is 451 g/mol. The Hall–Kier alpha value is -4.20. The fraction of sp³-hybridized carbons (Fsp3) is 0.222. The molecule has 3 aromatic carbocycles. The minimum Gasteiger partial charge on any atom is -0.478 e. The van der Waals surface area contributed by atoms with E-state index >= 15 is 0 Å². The summed E-state index contributed by atoms with van der Waals surface area (Å²) in [6, 6.07) is 18.9. The number of alkyl carbamates (subject to hydrolysis) is 1. The number of rotatable bonds is 8. The summed E-state index contributed by atoms with van der Waals surface area (Å²) in [5, 5.41) is 14.4. The number of halogens is 1. The van der Waals surface area contributed by atoms with Gasteiger partial charge in [-0.1, -0.05) is 48.5 Å². The average Bonchev–Trinajstić information content (AvgIpc) is 3.16. The lowest BCUT2D eigenvalue weighted by atomic mass is 9.98. The molecule has 3 aromatic rings. The van der Waals surface area contributed by atoms with Crippen LogP contribution in [0.2, 0.25) is 0 Å². The molecule has 0 saturated carbocycles. The fourth-order valence-electron chi connectivity index (χ4n) is 4.28. The zero-order chi connectivity index (χ0) is 24.9. The number of carbonyl (C=O) groups is 3. The fourth-order valence-corrected chi connectivity index (χ4v) is 4.28. The molecule has 0 heterocycles. The molecule has 3 N–H and O–H groups in total. The Kier molecular flexibility index (Phi) is 7.10. The van der Waals surface area contributed by atoms with E-state index in [-0.39, 0.29) is 36.2 Å². The van der Waals surface area contributed by atoms with Gasteiger partial charge in [-0.3, -0.25) is 4.79 Å². The SMILES string of the molecule is CC(CCC(=O)Nc1ccc(F)cc1C(=O)O)NC(=O)OCC1c2ccccc2-c2ccccc21. The summed E-state index contributed by atoms with van der Waals surface area (Å²) in [6.07, 6.45) is -0.243. The van der Waals surface area contributed by atoms with Crippen molar-refractivity contribution >= 4 is 23.7 Å². The Morgan fingerprint density at radius 3 is 2.26 bits per heavy atom. The Morgan fingerprint density at radius 2 is 1.63 bits per heavy atom. The summed E-state index contributed by atoms with van der Waals surface area (Å²) >= 11 is 0. The summed E-state index contributed by atoms with van der Waals surface area (Å²) in [5.41, 5.74) is 4.21. The smallest absolute Gasteiger partial charge is 0.407 e. The van der Waals surface area contributed by atoms with Crippen LogP contribution in [0.15, 0.2) is 66.7 Å². The van der Waals surface area contributed by atoms with Crippen LogP contribution in [0.4, 0.5) is 14.9 Å². The monoisotopic (exact) mass is 476 g/mol. The second-order valence-corrected chi connectivity index (χ2v) is 8.45. The lowest BCUT2D eigenvalue weighted by molar-refractivity contribution is -0.116. The van der Waals surface area contributed by atoms with Crippen molar-refractivity contribution < 1.29 is 28.6 Å². The van der Waals surface area contributed by atoms with E-state index in [1.54, 1.807) is 6.92 Å². The summed E-state index contributed by atoms with van der Waals surface area (Å²) in [4.78, 5) is 35.9. The molecule has 2 amide bonds. The predicted octanol–water partition coefficient (Wildman–Crippen LogP) is 5.17. The van der Waals surface area contributed by atoms with Gasteiger partial charge in [-0.2, -0.15) is 0 Å². The second kappa shape index (κ2) is 10.4. The van der Waals surface area contributed by atoms with E-state index in [1.807, 2.05) is 36.4 Å². The zero-order valence-corrected chi connectivity index (χ0v) is 19.1. The van der Waals surface area contributed by atoms with Gasteiger partial charge in [0.15, 0.2) is 0 Å². The highest BCUT2D eigenvalue weighted by Gasteiger charge is 2.29. The Labute approximate surface area is 201 Å². The van der Waals surface area contributed by atoms with Gasteiger partial charge in [-0.25, -0.2) is 14.0 Å². The first-order valence-corrected chi connectivity index (χ1v) is 11.3. The molecule has 0 spiro atoms. The maximum Gasteiger partial charge on any atom is 0.407 e. The molecular formula is C27H25FN2O5. The highest BCUT2D eigenvalue weighted by Crippen LogP contribution is 2.44. The Balaban J connectivity index is 1.27. The average molecular weight is 477 g/mol. The van der Waals surface area contributed by atoms with E-state index in [2.05, 4.69) is 22.8 Å². The molecule has 1 unspecified atom stereocenters. The van der Waals surface area contributed by atoms with E-state index in [4.69, 9.17) is 4.74 Å². The molecule has 4 rings (SSSR count). The second-order valence-electron chi connectivity index (χ2n) is 8.45. The number of amides is 2. The number of fused-ring (bicyclic) bond motifs is 3. The largest absolute Gasteiger partial charge is 0.478 e. The standard InChI is InChI=1S/C27H25FN2O5/c1-16(10-13-25(31)30-24-12-11-17(28)14-22(24)26(32)33)29-27(34)35-15-23-20-8-4-2-6-18(20)19-7-3-5-9-21(19)23/h2-9,11-12,14,16,23H,10,13,15H2,1H3,(H,29,34)(H,30,31)(H,32,33). The molecule has 1 aliphatic carbocycles. The van der Waals surface area contributed by atoms with Crippen LogP contribution in [0.25, 0.3) is 11.1 Å². The van der Waals surface area contributed by atoms with Gasteiger partial charge in [0, 0.05) is 18.4 Å². The quantitative estimate of drug-likeness (QED) is 0.416. The van der Waals surface area contributed by atoms with Crippen molar-refractivity contribution in [2.45, 2.75) is 31.7 Å². The molecule has 0 fully saturated rings. The van der Waals surface area contributed by atoms with E-state index in [9.17, 15) is 23.9 Å². The van der Waals surface area contributed by atoms with Crippen LogP contribution in [0.1, 0.15) is 47.2 Å². The molecule has 7 nitrogen and oxygen atoms in total. The molecule has 8 heteroatoms. The van der Waals surface area contributed by atoms with E-state index < -0.39 is 23.8 Å². The van der Waals surface area contributed by atoms with E-state index in [0.29, 0.717) is 6.42 Å². The Morgan fingerprint density at radius 1 is 1.00 bits per heavy atom. The highest BCUT2D eigenvalue weighted by atomic mass is 19.1. The van der Waals surface area contributed by atoms with Crippen LogP contribution >= 0.6 is 0 Å². The number of nitrogens with one attached hydrogen (secondary N) is 2. The topological polar surface area (TPSA) is 105 Å². The lowest BCUT2D eigenvalue weighted by Crippen LogP contribution is -2.34. The van der Waals surface area contributed by atoms with Crippen LogP contribution in [-0.4, -0.2) is 35.7 Å². The minimum absolute atomic E-state index is 0.0149. The number of carbonyl (C=O) groups excluding carboxylic acids is 2. The molecule has 0 aromatic heterocycles. The minimum atomic E-state index is -1.34. The predicted molar refractivity (Wildman–Crippen MR) is 129 cm³/mol. The first-order valence-electron chi connectivity index (χ1n) is 11.3. The number of anilines is 1. The molecule has 0 aliphatic heterocycles. The van der Waals surface area contributed by atoms with Crippen molar-refractivity contribution in [3.8, 4) is 11.1 Å². The van der Waals surface area contributed by atoms with Crippen LogP contribution in [0.5, 0.6) is 0 Å². The number of hydrogen-bond donors (Lipinski definition) is 3. The third kappa shape index (κ3) is 5.48. The van der Waals surface area contributed by atoms with Crippen molar-refractivity contribution in [1.29, 1.82) is 0 Å². The zero-order valence-electron chi connectivity index (χ0n) is 19.1. The van der Waals surface area contributed by atoms with Crippen molar-refractivity contribution in [3.05, 3.63) is 89.2 Å². The van der Waals surface area contributed by atoms with Crippen molar-refractivity contribution in [3.63, 3.8) is 0 Å². The van der Waals surface area contributed by atoms with Gasteiger partial charge < -0.3 is 20.5 Å². The molecule has 35 heavy (non-hydrogen) atoms. The van der Waals surface area contributed by atoms with Crippen molar-refractivity contribution in [2.75, 3.05) is 11.9 Å². The maximum absolute atomic E-state index is 13.3. The van der Waals surface area contributed by atoms with Crippen molar-refractivity contribution in [2.24, 2.45) is 0 Å². The summed E-state index contributed by atoms with van der Waals surface area (Å²) in [7, 11) is 0. The number of benzene rings is 3. The van der Waals surface area contributed by atoms with Gasteiger partial charge in [0.2, 0.25) is 5.91 Å². The van der Waals surface area contributed by atoms with Gasteiger partial charge >= 0.3 is 12.1 Å². The van der Waals surface area contributed by atoms with Gasteiger partial charge in [0.05, 0.1) is 11.3 Å². The lowest BCUT2D eigenvalue weighted by Gasteiger charge is -2.17. The molecule has 1 aliphatic rings. The highest BCUT2D eigenvalue weighted by molar-refractivity contribution is 6.00. The number of carboxylic acid groups (broad SMARTS) is 1. The van der Waals surface area contributed by atoms with Crippen LogP contribution in [0, 0.1) is 5.82 Å². The maximum atomic E-state index is 13.3. The molecule has 0 bridgehead atoms. The summed E-state index contributed by atoms with van der Waals surface area (Å²) in [6.45, 7) is 1.94. The number of ether oxygens (including phenoxy) is 1. The first kappa shape index (κ1) is 23.9. The van der Waals surface area contributed by atoms with Gasteiger partial charge in [0.1, 0.15) is 12.4 Å². The van der Waals surface area contributed by atoms with Crippen LogP contribution < -0.4 is 10.6 Å².